The van der Waals surface area contributed by atoms with E-state index in [1.54, 1.807) is 26.3 Å². The van der Waals surface area contributed by atoms with E-state index < -0.39 is 0 Å². The van der Waals surface area contributed by atoms with Crippen LogP contribution in [-0.2, 0) is 6.42 Å². The van der Waals surface area contributed by atoms with Crippen molar-refractivity contribution in [3.63, 3.8) is 0 Å². The number of aryl methyl sites for hydroxylation is 1. The largest absolute Gasteiger partial charge is 0.495 e. The van der Waals surface area contributed by atoms with Crippen molar-refractivity contribution >= 4 is 40.4 Å². The Labute approximate surface area is 252 Å². The van der Waals surface area contributed by atoms with E-state index >= 15 is 0 Å². The summed E-state index contributed by atoms with van der Waals surface area (Å²) in [4.78, 5) is 29.3. The van der Waals surface area contributed by atoms with E-state index in [9.17, 15) is 4.79 Å². The Morgan fingerprint density at radius 1 is 1.12 bits per heavy atom. The molecule has 3 aromatic rings. The van der Waals surface area contributed by atoms with Gasteiger partial charge in [0, 0.05) is 52.7 Å². The van der Waals surface area contributed by atoms with Gasteiger partial charge in [0.25, 0.3) is 5.91 Å². The van der Waals surface area contributed by atoms with Gasteiger partial charge in [0.05, 0.1) is 24.2 Å². The molecule has 1 amide bonds. The first-order valence-electron chi connectivity index (χ1n) is 14.3. The highest BCUT2D eigenvalue weighted by atomic mass is 35.5. The van der Waals surface area contributed by atoms with Crippen molar-refractivity contribution in [2.24, 2.45) is 10.7 Å². The SMILES string of the molecule is CN=C(C1=C(N)CCc2cnc(Nc3ccc(C(=O)NC4CCC(N(C)C)CC4)cc3OC)nc21)c1ccccc1Cl. The maximum Gasteiger partial charge on any atom is 0.251 e. The Morgan fingerprint density at radius 2 is 1.88 bits per heavy atom. The second kappa shape index (κ2) is 12.9. The number of hydrogen-bond acceptors (Lipinski definition) is 8. The van der Waals surface area contributed by atoms with Gasteiger partial charge < -0.3 is 26.0 Å². The van der Waals surface area contributed by atoms with Gasteiger partial charge in [-0.15, -0.1) is 0 Å². The number of amides is 1. The van der Waals surface area contributed by atoms with E-state index in [2.05, 4.69) is 39.6 Å². The molecular weight excluding hydrogens is 550 g/mol. The number of nitrogens with zero attached hydrogens (tertiary/aromatic N) is 4. The summed E-state index contributed by atoms with van der Waals surface area (Å²) in [6.45, 7) is 0. The molecule has 9 nitrogen and oxygen atoms in total. The van der Waals surface area contributed by atoms with Gasteiger partial charge in [-0.25, -0.2) is 9.97 Å². The second-order valence-electron chi connectivity index (χ2n) is 11.0. The summed E-state index contributed by atoms with van der Waals surface area (Å²) in [5, 5.41) is 7.05. The first kappa shape index (κ1) is 29.5. The van der Waals surface area contributed by atoms with Crippen LogP contribution in [0.4, 0.5) is 11.6 Å². The molecule has 4 N–H and O–H groups in total. The number of nitrogens with two attached hydrogens (primary N) is 1. The van der Waals surface area contributed by atoms with Crippen molar-refractivity contribution in [2.45, 2.75) is 50.6 Å². The smallest absolute Gasteiger partial charge is 0.251 e. The van der Waals surface area contributed by atoms with Crippen molar-refractivity contribution in [1.82, 2.24) is 20.2 Å². The predicted octanol–water partition coefficient (Wildman–Crippen LogP) is 5.22. The third kappa shape index (κ3) is 6.27. The highest BCUT2D eigenvalue weighted by Crippen LogP contribution is 2.34. The van der Waals surface area contributed by atoms with Crippen LogP contribution in [0.5, 0.6) is 5.75 Å². The first-order chi connectivity index (χ1) is 20.3. The summed E-state index contributed by atoms with van der Waals surface area (Å²) in [6, 6.07) is 13.7. The lowest BCUT2D eigenvalue weighted by Gasteiger charge is -2.33. The minimum atomic E-state index is -0.102. The molecule has 220 valence electrons. The van der Waals surface area contributed by atoms with Gasteiger partial charge in [-0.3, -0.25) is 9.79 Å². The van der Waals surface area contributed by atoms with Crippen LogP contribution >= 0.6 is 11.6 Å². The molecule has 1 saturated carbocycles. The molecule has 0 unspecified atom stereocenters. The number of aromatic nitrogens is 2. The zero-order chi connectivity index (χ0) is 29.8. The number of rotatable bonds is 8. The lowest BCUT2D eigenvalue weighted by molar-refractivity contribution is 0.0916. The molecule has 10 heteroatoms. The third-order valence-corrected chi connectivity index (χ3v) is 8.48. The van der Waals surface area contributed by atoms with Crippen LogP contribution in [0.3, 0.4) is 0 Å². The molecule has 0 aliphatic heterocycles. The highest BCUT2D eigenvalue weighted by molar-refractivity contribution is 6.40. The molecule has 5 rings (SSSR count). The van der Waals surface area contributed by atoms with Gasteiger partial charge in [-0.1, -0.05) is 29.8 Å². The Morgan fingerprint density at radius 3 is 2.57 bits per heavy atom. The van der Waals surface area contributed by atoms with E-state index in [1.807, 2.05) is 36.5 Å². The number of fused-ring (bicyclic) bond motifs is 1. The van der Waals surface area contributed by atoms with Crippen LogP contribution < -0.4 is 21.1 Å². The second-order valence-corrected chi connectivity index (χ2v) is 11.4. The number of carbonyl (C=O) groups excluding carboxylic acids is 1. The van der Waals surface area contributed by atoms with Gasteiger partial charge in [-0.2, -0.15) is 0 Å². The van der Waals surface area contributed by atoms with E-state index in [4.69, 9.17) is 27.1 Å². The lowest BCUT2D eigenvalue weighted by atomic mass is 9.88. The molecule has 1 aromatic heterocycles. The third-order valence-electron chi connectivity index (χ3n) is 8.15. The quantitative estimate of drug-likeness (QED) is 0.309. The molecule has 2 aliphatic carbocycles. The molecule has 2 aromatic carbocycles. The molecular formula is C32H38ClN7O2. The summed E-state index contributed by atoms with van der Waals surface area (Å²) in [5.41, 5.74) is 12.4. The monoisotopic (exact) mass is 587 g/mol. The molecule has 1 heterocycles. The van der Waals surface area contributed by atoms with Gasteiger partial charge in [0.2, 0.25) is 5.95 Å². The van der Waals surface area contributed by atoms with Crippen LogP contribution in [0.2, 0.25) is 5.02 Å². The minimum absolute atomic E-state index is 0.102. The Bertz CT molecular complexity index is 1530. The number of benzene rings is 2. The van der Waals surface area contributed by atoms with Gasteiger partial charge in [0.1, 0.15) is 5.75 Å². The topological polar surface area (TPSA) is 118 Å². The summed E-state index contributed by atoms with van der Waals surface area (Å²) in [7, 11) is 7.53. The molecule has 42 heavy (non-hydrogen) atoms. The molecule has 0 radical (unpaired) electrons. The van der Waals surface area contributed by atoms with Crippen LogP contribution in [0.25, 0.3) is 5.57 Å². The van der Waals surface area contributed by atoms with Crippen molar-refractivity contribution < 1.29 is 9.53 Å². The van der Waals surface area contributed by atoms with Gasteiger partial charge in [-0.05, 0) is 82.4 Å². The standard InChI is InChI=1S/C32H38ClN7O2/c1-35-30(23-7-5-6-8-24(23)33)28-25(34)15-9-20-18-36-32(39-29(20)28)38-26-16-10-19(17-27(26)42-4)31(41)37-21-11-13-22(14-12-21)40(2)3/h5-8,10,16-18,21-22H,9,11-15,34H2,1-4H3,(H,37,41)(H,36,38,39). The molecule has 0 spiro atoms. The summed E-state index contributed by atoms with van der Waals surface area (Å²) in [5.74, 6) is 0.792. The Kier molecular flexibility index (Phi) is 9.09. The highest BCUT2D eigenvalue weighted by Gasteiger charge is 2.27. The fraction of sp³-hybridized carbons (Fsp3) is 0.375. The molecule has 0 saturated heterocycles. The van der Waals surface area contributed by atoms with Crippen molar-refractivity contribution in [3.8, 4) is 5.75 Å². The number of aliphatic imine (C=N–C) groups is 1. The fourth-order valence-corrected chi connectivity index (χ4v) is 5.98. The number of halogens is 1. The minimum Gasteiger partial charge on any atom is -0.495 e. The Balaban J connectivity index is 1.36. The average Bonchev–Trinajstić information content (AvgIpc) is 2.99. The van der Waals surface area contributed by atoms with Crippen molar-refractivity contribution in [2.75, 3.05) is 33.6 Å². The molecule has 0 atom stereocenters. The fourth-order valence-electron chi connectivity index (χ4n) is 5.76. The molecule has 0 bridgehead atoms. The lowest BCUT2D eigenvalue weighted by Crippen LogP contribution is -2.41. The molecule has 2 aliphatic rings. The number of allylic oxidation sites excluding steroid dienone is 2. The van der Waals surface area contributed by atoms with Crippen LogP contribution in [0.1, 0.15) is 59.3 Å². The van der Waals surface area contributed by atoms with E-state index in [0.717, 1.165) is 54.5 Å². The predicted molar refractivity (Wildman–Crippen MR) is 169 cm³/mol. The normalized spacial score (nSPS) is 19.0. The van der Waals surface area contributed by atoms with Gasteiger partial charge >= 0.3 is 0 Å². The van der Waals surface area contributed by atoms with E-state index in [0.29, 0.717) is 51.8 Å². The van der Waals surface area contributed by atoms with Crippen molar-refractivity contribution in [3.05, 3.63) is 81.8 Å². The van der Waals surface area contributed by atoms with Crippen LogP contribution in [0.15, 0.2) is 59.4 Å². The summed E-state index contributed by atoms with van der Waals surface area (Å²) >= 11 is 6.54. The summed E-state index contributed by atoms with van der Waals surface area (Å²) < 4.78 is 5.65. The number of hydrogen-bond donors (Lipinski definition) is 3. The number of ether oxygens (including phenoxy) is 1. The zero-order valence-electron chi connectivity index (χ0n) is 24.6. The zero-order valence-corrected chi connectivity index (χ0v) is 25.3. The number of anilines is 2. The van der Waals surface area contributed by atoms with Crippen molar-refractivity contribution in [1.29, 1.82) is 0 Å². The van der Waals surface area contributed by atoms with E-state index in [1.165, 1.54) is 0 Å². The summed E-state index contributed by atoms with van der Waals surface area (Å²) in [6.07, 6.45) is 7.34. The molecule has 1 fully saturated rings. The number of methoxy groups -OCH3 is 1. The van der Waals surface area contributed by atoms with Crippen LogP contribution in [0, 0.1) is 0 Å². The maximum atomic E-state index is 13.1. The maximum absolute atomic E-state index is 13.1. The first-order valence-corrected chi connectivity index (χ1v) is 14.7. The average molecular weight is 588 g/mol. The number of carbonyl (C=O) groups is 1. The van der Waals surface area contributed by atoms with E-state index in [-0.39, 0.29) is 11.9 Å². The Hall–Kier alpha value is -3.95. The van der Waals surface area contributed by atoms with Crippen LogP contribution in [-0.4, -0.2) is 66.8 Å². The van der Waals surface area contributed by atoms with Gasteiger partial charge in [0.15, 0.2) is 0 Å². The number of nitrogens with one attached hydrogen (secondary N) is 2.